The van der Waals surface area contributed by atoms with Gasteiger partial charge in [-0.1, -0.05) is 6.92 Å². The number of aliphatic carboxylic acids is 1. The van der Waals surface area contributed by atoms with E-state index in [1.165, 1.54) is 11.8 Å². The first-order chi connectivity index (χ1) is 5.04. The van der Waals surface area contributed by atoms with E-state index < -0.39 is 5.97 Å². The molecule has 1 atom stereocenters. The van der Waals surface area contributed by atoms with Crippen LogP contribution in [-0.2, 0) is 9.59 Å². The minimum atomic E-state index is -0.869. The average Bonchev–Trinajstić information content (AvgIpc) is 1.86. The number of hydrogen-bond acceptors (Lipinski definition) is 3. The van der Waals surface area contributed by atoms with Crippen molar-refractivity contribution >= 4 is 23.6 Å². The molecule has 0 bridgehead atoms. The van der Waals surface area contributed by atoms with Gasteiger partial charge < -0.3 is 10.8 Å². The van der Waals surface area contributed by atoms with Crippen LogP contribution in [0.15, 0.2) is 0 Å². The Hall–Kier alpha value is -0.710. The number of carboxylic acids is 1. The first-order valence-electron chi connectivity index (χ1n) is 3.13. The Morgan fingerprint density at radius 3 is 2.55 bits per heavy atom. The van der Waals surface area contributed by atoms with Gasteiger partial charge in [-0.05, 0) is 0 Å². The van der Waals surface area contributed by atoms with Gasteiger partial charge in [0.05, 0.1) is 5.75 Å². The van der Waals surface area contributed by atoms with Crippen LogP contribution in [0.1, 0.15) is 6.92 Å². The number of nitrogens with two attached hydrogens (primary N) is 1. The molecule has 0 heterocycles. The highest BCUT2D eigenvalue weighted by atomic mass is 32.2. The van der Waals surface area contributed by atoms with Gasteiger partial charge in [0.15, 0.2) is 0 Å². The maximum Gasteiger partial charge on any atom is 0.313 e. The fourth-order valence-electron chi connectivity index (χ4n) is 0.405. The Bertz CT molecular complexity index is 160. The molecule has 0 aliphatic rings. The molecule has 11 heavy (non-hydrogen) atoms. The molecule has 0 saturated carbocycles. The van der Waals surface area contributed by atoms with Crippen LogP contribution in [-0.4, -0.2) is 28.5 Å². The van der Waals surface area contributed by atoms with E-state index in [4.69, 9.17) is 10.8 Å². The van der Waals surface area contributed by atoms with Crippen molar-refractivity contribution in [1.82, 2.24) is 0 Å². The van der Waals surface area contributed by atoms with E-state index in [1.807, 2.05) is 0 Å². The molecule has 0 aliphatic heterocycles. The van der Waals surface area contributed by atoms with Crippen LogP contribution < -0.4 is 5.73 Å². The van der Waals surface area contributed by atoms with Gasteiger partial charge in [0.2, 0.25) is 5.91 Å². The number of carboxylic acid groups (broad SMARTS) is 1. The zero-order valence-corrected chi connectivity index (χ0v) is 7.06. The van der Waals surface area contributed by atoms with Crippen molar-refractivity contribution in [3.63, 3.8) is 0 Å². The molecule has 0 saturated heterocycles. The molecule has 0 rings (SSSR count). The molecule has 0 aromatic rings. The van der Waals surface area contributed by atoms with E-state index >= 15 is 0 Å². The van der Waals surface area contributed by atoms with Gasteiger partial charge in [0.25, 0.3) is 0 Å². The predicted octanol–water partition coefficient (Wildman–Crippen LogP) is -0.0744. The quantitative estimate of drug-likeness (QED) is 0.615. The summed E-state index contributed by atoms with van der Waals surface area (Å²) in [7, 11) is 0. The standard InChI is InChI=1S/C6H11NO3S/c1-4(6(7)10)2-11-3-5(8)9/h4H,2-3H2,1H3,(H2,7,10)(H,8,9). The fourth-order valence-corrected chi connectivity index (χ4v) is 1.22. The van der Waals surface area contributed by atoms with Gasteiger partial charge in [-0.25, -0.2) is 0 Å². The molecule has 1 amide bonds. The Kier molecular flexibility index (Phi) is 4.69. The summed E-state index contributed by atoms with van der Waals surface area (Å²) in [6.07, 6.45) is 0. The van der Waals surface area contributed by atoms with Gasteiger partial charge in [0, 0.05) is 11.7 Å². The van der Waals surface area contributed by atoms with E-state index in [1.54, 1.807) is 6.92 Å². The second kappa shape index (κ2) is 5.01. The van der Waals surface area contributed by atoms with Crippen LogP contribution >= 0.6 is 11.8 Å². The minimum absolute atomic E-state index is 0.0254. The lowest BCUT2D eigenvalue weighted by molar-refractivity contribution is -0.134. The van der Waals surface area contributed by atoms with Crippen molar-refractivity contribution in [3.05, 3.63) is 0 Å². The van der Waals surface area contributed by atoms with Gasteiger partial charge in [-0.3, -0.25) is 9.59 Å². The Morgan fingerprint density at radius 2 is 2.18 bits per heavy atom. The van der Waals surface area contributed by atoms with Gasteiger partial charge in [-0.2, -0.15) is 0 Å². The van der Waals surface area contributed by atoms with Crippen LogP contribution in [0.3, 0.4) is 0 Å². The number of amides is 1. The number of rotatable bonds is 5. The molecule has 0 fully saturated rings. The molecule has 5 heteroatoms. The fraction of sp³-hybridized carbons (Fsp3) is 0.667. The zero-order valence-electron chi connectivity index (χ0n) is 6.24. The van der Waals surface area contributed by atoms with Crippen molar-refractivity contribution in [1.29, 1.82) is 0 Å². The van der Waals surface area contributed by atoms with Crippen LogP contribution in [0.4, 0.5) is 0 Å². The highest BCUT2D eigenvalue weighted by Gasteiger charge is 2.08. The smallest absolute Gasteiger partial charge is 0.313 e. The zero-order chi connectivity index (χ0) is 8.85. The lowest BCUT2D eigenvalue weighted by Crippen LogP contribution is -2.22. The molecule has 4 nitrogen and oxygen atoms in total. The molecule has 0 spiro atoms. The predicted molar refractivity (Wildman–Crippen MR) is 43.3 cm³/mol. The van der Waals surface area contributed by atoms with Crippen LogP contribution in [0.25, 0.3) is 0 Å². The summed E-state index contributed by atoms with van der Waals surface area (Å²) in [5.74, 6) is -1.01. The van der Waals surface area contributed by atoms with Crippen molar-refractivity contribution in [3.8, 4) is 0 Å². The molecule has 0 radical (unpaired) electrons. The van der Waals surface area contributed by atoms with Crippen molar-refractivity contribution < 1.29 is 14.7 Å². The minimum Gasteiger partial charge on any atom is -0.481 e. The molecule has 64 valence electrons. The first-order valence-corrected chi connectivity index (χ1v) is 4.28. The number of carbonyl (C=O) groups excluding carboxylic acids is 1. The third-order valence-corrected chi connectivity index (χ3v) is 2.27. The van der Waals surface area contributed by atoms with Crippen molar-refractivity contribution in [2.75, 3.05) is 11.5 Å². The summed E-state index contributed by atoms with van der Waals surface area (Å²) in [5.41, 5.74) is 4.95. The second-order valence-electron chi connectivity index (χ2n) is 2.21. The summed E-state index contributed by atoms with van der Waals surface area (Å²) < 4.78 is 0. The summed E-state index contributed by atoms with van der Waals surface area (Å²) >= 11 is 1.20. The Balaban J connectivity index is 3.39. The SMILES string of the molecule is CC(CSCC(=O)O)C(N)=O. The summed E-state index contributed by atoms with van der Waals surface area (Å²) in [6.45, 7) is 1.68. The molecular formula is C6H11NO3S. The second-order valence-corrected chi connectivity index (χ2v) is 3.24. The maximum absolute atomic E-state index is 10.4. The van der Waals surface area contributed by atoms with Gasteiger partial charge >= 0.3 is 5.97 Å². The molecule has 0 aliphatic carbocycles. The monoisotopic (exact) mass is 177 g/mol. The van der Waals surface area contributed by atoms with Gasteiger partial charge in [-0.15, -0.1) is 11.8 Å². The Morgan fingerprint density at radius 1 is 1.64 bits per heavy atom. The van der Waals surface area contributed by atoms with E-state index in [2.05, 4.69) is 0 Å². The third kappa shape index (κ3) is 5.72. The maximum atomic E-state index is 10.4. The number of carbonyl (C=O) groups is 2. The molecule has 0 aromatic heterocycles. The third-order valence-electron chi connectivity index (χ3n) is 1.08. The van der Waals surface area contributed by atoms with Crippen LogP contribution in [0.2, 0.25) is 0 Å². The van der Waals surface area contributed by atoms with Crippen molar-refractivity contribution in [2.45, 2.75) is 6.92 Å². The highest BCUT2D eigenvalue weighted by Crippen LogP contribution is 2.06. The Labute approximate surface area is 69.1 Å². The van der Waals surface area contributed by atoms with Crippen LogP contribution in [0, 0.1) is 5.92 Å². The van der Waals surface area contributed by atoms with Crippen LogP contribution in [0.5, 0.6) is 0 Å². The van der Waals surface area contributed by atoms with E-state index in [0.29, 0.717) is 5.75 Å². The number of hydrogen-bond donors (Lipinski definition) is 2. The van der Waals surface area contributed by atoms with E-state index in [9.17, 15) is 9.59 Å². The summed E-state index contributed by atoms with van der Waals surface area (Å²) in [5, 5.41) is 8.23. The highest BCUT2D eigenvalue weighted by molar-refractivity contribution is 7.99. The molecule has 3 N–H and O–H groups in total. The lowest BCUT2D eigenvalue weighted by atomic mass is 10.2. The molecule has 0 aromatic carbocycles. The average molecular weight is 177 g/mol. The number of primary amides is 1. The summed E-state index contributed by atoms with van der Waals surface area (Å²) in [4.78, 5) is 20.5. The van der Waals surface area contributed by atoms with E-state index in [-0.39, 0.29) is 17.6 Å². The first kappa shape index (κ1) is 10.3. The topological polar surface area (TPSA) is 80.4 Å². The number of thioether (sulfide) groups is 1. The van der Waals surface area contributed by atoms with Gasteiger partial charge in [0.1, 0.15) is 0 Å². The lowest BCUT2D eigenvalue weighted by Gasteiger charge is -2.03. The van der Waals surface area contributed by atoms with Crippen molar-refractivity contribution in [2.24, 2.45) is 11.7 Å². The normalized spacial score (nSPS) is 12.5. The summed E-state index contributed by atoms with van der Waals surface area (Å²) in [6, 6.07) is 0. The van der Waals surface area contributed by atoms with E-state index in [0.717, 1.165) is 0 Å². The molecular weight excluding hydrogens is 166 g/mol. The molecule has 1 unspecified atom stereocenters. The largest absolute Gasteiger partial charge is 0.481 e.